The summed E-state index contributed by atoms with van der Waals surface area (Å²) in [6, 6.07) is 10.7. The van der Waals surface area contributed by atoms with Gasteiger partial charge in [0.15, 0.2) is 0 Å². The van der Waals surface area contributed by atoms with Crippen LogP contribution in [0.1, 0.15) is 36.2 Å². The Morgan fingerprint density at radius 1 is 1.07 bits per heavy atom. The van der Waals surface area contributed by atoms with Crippen LogP contribution in [-0.2, 0) is 9.59 Å². The van der Waals surface area contributed by atoms with Gasteiger partial charge in [0.1, 0.15) is 17.6 Å². The van der Waals surface area contributed by atoms with Crippen molar-refractivity contribution < 1.29 is 23.9 Å². The predicted molar refractivity (Wildman–Crippen MR) is 115 cm³/mol. The molecule has 2 aromatic rings. The molecule has 30 heavy (non-hydrogen) atoms. The molecule has 8 heteroatoms. The molecule has 0 unspecified atom stereocenters. The topological polar surface area (TPSA) is 95.5 Å². The van der Waals surface area contributed by atoms with E-state index in [0.29, 0.717) is 11.1 Å². The van der Waals surface area contributed by atoms with Crippen LogP contribution >= 0.6 is 15.9 Å². The zero-order valence-electron chi connectivity index (χ0n) is 16.5. The number of carboxylic acids is 1. The van der Waals surface area contributed by atoms with Gasteiger partial charge in [0.2, 0.25) is 0 Å². The fraction of sp³-hybridized carbons (Fsp3) is 0.227. The van der Waals surface area contributed by atoms with Crippen molar-refractivity contribution in [2.45, 2.75) is 26.3 Å². The van der Waals surface area contributed by atoms with Crippen molar-refractivity contribution in [1.82, 2.24) is 10.6 Å². The van der Waals surface area contributed by atoms with Crippen LogP contribution in [0.2, 0.25) is 0 Å². The molecule has 0 aromatic heterocycles. The van der Waals surface area contributed by atoms with Crippen LogP contribution in [0.4, 0.5) is 4.39 Å². The number of halogens is 2. The third-order valence-electron chi connectivity index (χ3n) is 4.09. The standard InChI is InChI=1S/C22H22BrFN2O4/c1-13(2)11-19(22(29)30)26-21(28)18(12-14-3-9-17(24)10-4-14)25-20(27)15-5-7-16(23)8-6-15/h3-10,12-13,19H,11H2,1-2H3,(H,25,27)(H,26,28)(H,29,30)/b18-12+/t19-/m1/s1. The van der Waals surface area contributed by atoms with Crippen molar-refractivity contribution in [2.24, 2.45) is 5.92 Å². The Labute approximate surface area is 182 Å². The molecular formula is C22H22BrFN2O4. The van der Waals surface area contributed by atoms with E-state index >= 15 is 0 Å². The molecule has 0 spiro atoms. The van der Waals surface area contributed by atoms with Crippen LogP contribution in [0.25, 0.3) is 6.08 Å². The summed E-state index contributed by atoms with van der Waals surface area (Å²) in [4.78, 5) is 36.9. The van der Waals surface area contributed by atoms with Gasteiger partial charge >= 0.3 is 5.97 Å². The van der Waals surface area contributed by atoms with E-state index in [2.05, 4.69) is 26.6 Å². The molecular weight excluding hydrogens is 455 g/mol. The van der Waals surface area contributed by atoms with Crippen molar-refractivity contribution in [2.75, 3.05) is 0 Å². The molecule has 0 aliphatic heterocycles. The molecule has 6 nitrogen and oxygen atoms in total. The Bertz CT molecular complexity index is 941. The maximum absolute atomic E-state index is 13.2. The van der Waals surface area contributed by atoms with Crippen LogP contribution in [0.3, 0.4) is 0 Å². The molecule has 0 aliphatic carbocycles. The number of carbonyl (C=O) groups is 3. The highest BCUT2D eigenvalue weighted by molar-refractivity contribution is 9.10. The van der Waals surface area contributed by atoms with E-state index < -0.39 is 29.6 Å². The SMILES string of the molecule is CC(C)C[C@@H](NC(=O)/C(=C\c1ccc(F)cc1)NC(=O)c1ccc(Br)cc1)C(=O)O. The van der Waals surface area contributed by atoms with E-state index in [0.717, 1.165) is 4.47 Å². The molecule has 2 aromatic carbocycles. The minimum Gasteiger partial charge on any atom is -0.480 e. The number of hydrogen-bond acceptors (Lipinski definition) is 3. The van der Waals surface area contributed by atoms with Crippen molar-refractivity contribution in [3.63, 3.8) is 0 Å². The number of amides is 2. The van der Waals surface area contributed by atoms with E-state index in [1.54, 1.807) is 24.3 Å². The molecule has 158 valence electrons. The molecule has 0 heterocycles. The number of benzene rings is 2. The smallest absolute Gasteiger partial charge is 0.326 e. The lowest BCUT2D eigenvalue weighted by molar-refractivity contribution is -0.141. The van der Waals surface area contributed by atoms with Crippen LogP contribution in [0.15, 0.2) is 58.7 Å². The summed E-state index contributed by atoms with van der Waals surface area (Å²) in [5.74, 6) is -2.87. The van der Waals surface area contributed by atoms with E-state index in [1.165, 1.54) is 30.3 Å². The summed E-state index contributed by atoms with van der Waals surface area (Å²) in [5.41, 5.74) is 0.630. The van der Waals surface area contributed by atoms with Crippen LogP contribution in [0, 0.1) is 11.7 Å². The van der Waals surface area contributed by atoms with E-state index in [-0.39, 0.29) is 18.0 Å². The Kier molecular flexibility index (Phi) is 8.29. The highest BCUT2D eigenvalue weighted by Crippen LogP contribution is 2.13. The van der Waals surface area contributed by atoms with Gasteiger partial charge in [0, 0.05) is 10.0 Å². The minimum atomic E-state index is -1.17. The average molecular weight is 477 g/mol. The molecule has 3 N–H and O–H groups in total. The Morgan fingerprint density at radius 3 is 2.20 bits per heavy atom. The molecule has 0 aliphatic rings. The molecule has 0 bridgehead atoms. The van der Waals surface area contributed by atoms with Gasteiger partial charge in [-0.15, -0.1) is 0 Å². The number of carbonyl (C=O) groups excluding carboxylic acids is 2. The van der Waals surface area contributed by atoms with Crippen molar-refractivity contribution in [1.29, 1.82) is 0 Å². The fourth-order valence-corrected chi connectivity index (χ4v) is 2.87. The number of nitrogens with one attached hydrogen (secondary N) is 2. The van der Waals surface area contributed by atoms with Gasteiger partial charge in [0.25, 0.3) is 11.8 Å². The molecule has 0 saturated carbocycles. The van der Waals surface area contributed by atoms with Gasteiger partial charge in [-0.1, -0.05) is 41.9 Å². The lowest BCUT2D eigenvalue weighted by atomic mass is 10.0. The largest absolute Gasteiger partial charge is 0.480 e. The molecule has 2 amide bonds. The first-order valence-electron chi connectivity index (χ1n) is 9.23. The van der Waals surface area contributed by atoms with E-state index in [1.807, 2.05) is 13.8 Å². The molecule has 2 rings (SSSR count). The summed E-state index contributed by atoms with van der Waals surface area (Å²) in [6.07, 6.45) is 1.59. The van der Waals surface area contributed by atoms with Gasteiger partial charge in [-0.2, -0.15) is 0 Å². The number of aliphatic carboxylic acids is 1. The first-order valence-corrected chi connectivity index (χ1v) is 10.0. The predicted octanol–water partition coefficient (Wildman–Crippen LogP) is 3.97. The first kappa shape index (κ1) is 23.3. The second kappa shape index (κ2) is 10.7. The fourth-order valence-electron chi connectivity index (χ4n) is 2.61. The number of rotatable bonds is 8. The van der Waals surface area contributed by atoms with Crippen molar-refractivity contribution >= 4 is 39.8 Å². The summed E-state index contributed by atoms with van der Waals surface area (Å²) in [7, 11) is 0. The third kappa shape index (κ3) is 7.11. The Balaban J connectivity index is 2.31. The van der Waals surface area contributed by atoms with E-state index in [9.17, 15) is 23.9 Å². The monoisotopic (exact) mass is 476 g/mol. The summed E-state index contributed by atoms with van der Waals surface area (Å²) in [6.45, 7) is 3.68. The van der Waals surface area contributed by atoms with Gasteiger partial charge < -0.3 is 15.7 Å². The maximum atomic E-state index is 13.2. The minimum absolute atomic E-state index is 0.0354. The second-order valence-corrected chi connectivity index (χ2v) is 7.98. The van der Waals surface area contributed by atoms with Crippen molar-refractivity contribution in [3.05, 3.63) is 75.6 Å². The third-order valence-corrected chi connectivity index (χ3v) is 4.62. The van der Waals surface area contributed by atoms with Crippen LogP contribution < -0.4 is 10.6 Å². The molecule has 1 atom stereocenters. The van der Waals surface area contributed by atoms with Crippen LogP contribution in [0.5, 0.6) is 0 Å². The summed E-state index contributed by atoms with van der Waals surface area (Å²) in [5, 5.41) is 14.4. The van der Waals surface area contributed by atoms with Gasteiger partial charge in [-0.05, 0) is 60.4 Å². The van der Waals surface area contributed by atoms with Crippen LogP contribution in [-0.4, -0.2) is 28.9 Å². The van der Waals surface area contributed by atoms with Crippen molar-refractivity contribution in [3.8, 4) is 0 Å². The second-order valence-electron chi connectivity index (χ2n) is 7.06. The number of carboxylic acid groups (broad SMARTS) is 1. The summed E-state index contributed by atoms with van der Waals surface area (Å²) >= 11 is 3.29. The summed E-state index contributed by atoms with van der Waals surface area (Å²) < 4.78 is 14.0. The highest BCUT2D eigenvalue weighted by Gasteiger charge is 2.24. The highest BCUT2D eigenvalue weighted by atomic mass is 79.9. The molecule has 0 saturated heterocycles. The quantitative estimate of drug-likeness (QED) is 0.502. The number of hydrogen-bond donors (Lipinski definition) is 3. The Hall–Kier alpha value is -3.00. The lowest BCUT2D eigenvalue weighted by Crippen LogP contribution is -2.45. The molecule has 0 fully saturated rings. The van der Waals surface area contributed by atoms with Gasteiger partial charge in [-0.25, -0.2) is 9.18 Å². The Morgan fingerprint density at radius 2 is 1.67 bits per heavy atom. The normalized spacial score (nSPS) is 12.4. The lowest BCUT2D eigenvalue weighted by Gasteiger charge is -2.18. The molecule has 0 radical (unpaired) electrons. The average Bonchev–Trinajstić information content (AvgIpc) is 2.68. The van der Waals surface area contributed by atoms with Gasteiger partial charge in [-0.3, -0.25) is 9.59 Å². The zero-order valence-corrected chi connectivity index (χ0v) is 18.1. The first-order chi connectivity index (χ1) is 14.2. The maximum Gasteiger partial charge on any atom is 0.326 e. The van der Waals surface area contributed by atoms with E-state index in [4.69, 9.17) is 0 Å². The zero-order chi connectivity index (χ0) is 22.3. The van der Waals surface area contributed by atoms with Gasteiger partial charge in [0.05, 0.1) is 0 Å².